The monoisotopic (exact) mass is 278 g/mol. The molecule has 1 fully saturated rings. The lowest BCUT2D eigenvalue weighted by Gasteiger charge is -2.25. The van der Waals surface area contributed by atoms with Crippen LogP contribution in [0.1, 0.15) is 38.7 Å². The van der Waals surface area contributed by atoms with Crippen LogP contribution in [0.25, 0.3) is 0 Å². The van der Waals surface area contributed by atoms with Crippen LogP contribution in [0, 0.1) is 11.7 Å². The summed E-state index contributed by atoms with van der Waals surface area (Å²) in [6.45, 7) is 4.52. The van der Waals surface area contributed by atoms with Gasteiger partial charge in [-0.2, -0.15) is 0 Å². The summed E-state index contributed by atoms with van der Waals surface area (Å²) in [5.74, 6) is 0.108. The molecule has 1 aromatic carbocycles. The molecular weight excluding hydrogens is 255 g/mol. The summed E-state index contributed by atoms with van der Waals surface area (Å²) in [4.78, 5) is 14.2. The molecule has 0 aliphatic heterocycles. The molecule has 2 rings (SSSR count). The summed E-state index contributed by atoms with van der Waals surface area (Å²) in [5.41, 5.74) is 6.82. The summed E-state index contributed by atoms with van der Waals surface area (Å²) in [7, 11) is 0. The van der Waals surface area contributed by atoms with E-state index >= 15 is 0 Å². The highest BCUT2D eigenvalue weighted by molar-refractivity contribution is 5.77. The van der Waals surface area contributed by atoms with Crippen molar-refractivity contribution in [2.24, 2.45) is 11.7 Å². The van der Waals surface area contributed by atoms with Crippen LogP contribution in [-0.2, 0) is 11.3 Å². The number of carbonyl (C=O) groups excluding carboxylic acids is 1. The van der Waals surface area contributed by atoms with Gasteiger partial charge in [0.2, 0.25) is 5.91 Å². The third kappa shape index (κ3) is 4.04. The average molecular weight is 278 g/mol. The molecule has 1 aliphatic rings. The molecule has 1 aromatic rings. The second kappa shape index (κ2) is 6.35. The van der Waals surface area contributed by atoms with Crippen molar-refractivity contribution in [2.75, 3.05) is 0 Å². The second-order valence-corrected chi connectivity index (χ2v) is 5.99. The number of benzene rings is 1. The molecule has 1 atom stereocenters. The van der Waals surface area contributed by atoms with Gasteiger partial charge in [0, 0.05) is 25.0 Å². The molecule has 1 aliphatic carbocycles. The van der Waals surface area contributed by atoms with E-state index in [2.05, 4.69) is 0 Å². The highest BCUT2D eigenvalue weighted by Crippen LogP contribution is 2.29. The third-order valence-corrected chi connectivity index (χ3v) is 3.82. The van der Waals surface area contributed by atoms with E-state index in [1.54, 1.807) is 6.07 Å². The number of hydrogen-bond donors (Lipinski definition) is 1. The van der Waals surface area contributed by atoms with Crippen molar-refractivity contribution in [3.05, 3.63) is 35.6 Å². The molecule has 4 heteroatoms. The summed E-state index contributed by atoms with van der Waals surface area (Å²) in [6.07, 6.45) is 2.44. The first-order valence-corrected chi connectivity index (χ1v) is 7.27. The van der Waals surface area contributed by atoms with Crippen LogP contribution >= 0.6 is 0 Å². The Morgan fingerprint density at radius 2 is 2.15 bits per heavy atom. The fourth-order valence-corrected chi connectivity index (χ4v) is 2.19. The molecule has 1 saturated carbocycles. The van der Waals surface area contributed by atoms with Gasteiger partial charge in [0.25, 0.3) is 0 Å². The number of nitrogens with zero attached hydrogens (tertiary/aromatic N) is 1. The maximum absolute atomic E-state index is 13.2. The van der Waals surface area contributed by atoms with Gasteiger partial charge in [-0.15, -0.1) is 0 Å². The number of carbonyl (C=O) groups is 1. The summed E-state index contributed by atoms with van der Waals surface area (Å²) in [6, 6.07) is 6.64. The SMILES string of the molecule is CC(C)C(N)CC(=O)N(Cc1cccc(F)c1)C1CC1. The average Bonchev–Trinajstić information content (AvgIpc) is 3.20. The topological polar surface area (TPSA) is 46.3 Å². The van der Waals surface area contributed by atoms with Gasteiger partial charge in [0.1, 0.15) is 5.82 Å². The van der Waals surface area contributed by atoms with Crippen LogP contribution in [0.4, 0.5) is 4.39 Å². The van der Waals surface area contributed by atoms with Crippen LogP contribution in [-0.4, -0.2) is 22.9 Å². The number of halogens is 1. The zero-order valence-corrected chi connectivity index (χ0v) is 12.2. The van der Waals surface area contributed by atoms with Crippen molar-refractivity contribution in [1.29, 1.82) is 0 Å². The van der Waals surface area contributed by atoms with Crippen molar-refractivity contribution in [2.45, 2.75) is 51.7 Å². The minimum Gasteiger partial charge on any atom is -0.335 e. The Morgan fingerprint density at radius 3 is 2.70 bits per heavy atom. The van der Waals surface area contributed by atoms with Crippen molar-refractivity contribution >= 4 is 5.91 Å². The van der Waals surface area contributed by atoms with Gasteiger partial charge < -0.3 is 10.6 Å². The minimum atomic E-state index is -0.260. The first kappa shape index (κ1) is 15.0. The Hall–Kier alpha value is -1.42. The van der Waals surface area contributed by atoms with Crippen LogP contribution in [0.15, 0.2) is 24.3 Å². The second-order valence-electron chi connectivity index (χ2n) is 5.99. The lowest BCUT2D eigenvalue weighted by atomic mass is 10.0. The smallest absolute Gasteiger partial charge is 0.224 e. The summed E-state index contributed by atoms with van der Waals surface area (Å²) >= 11 is 0. The zero-order chi connectivity index (χ0) is 14.7. The zero-order valence-electron chi connectivity index (χ0n) is 12.2. The van der Waals surface area contributed by atoms with E-state index in [1.165, 1.54) is 12.1 Å². The number of rotatable bonds is 6. The molecule has 0 spiro atoms. The van der Waals surface area contributed by atoms with Crippen LogP contribution < -0.4 is 5.73 Å². The van der Waals surface area contributed by atoms with Crippen LogP contribution in [0.5, 0.6) is 0 Å². The lowest BCUT2D eigenvalue weighted by molar-refractivity contribution is -0.133. The van der Waals surface area contributed by atoms with E-state index in [4.69, 9.17) is 5.73 Å². The fourth-order valence-electron chi connectivity index (χ4n) is 2.19. The van der Waals surface area contributed by atoms with E-state index in [-0.39, 0.29) is 23.7 Å². The highest BCUT2D eigenvalue weighted by Gasteiger charge is 2.33. The van der Waals surface area contributed by atoms with E-state index in [9.17, 15) is 9.18 Å². The normalized spacial score (nSPS) is 16.2. The largest absolute Gasteiger partial charge is 0.335 e. The molecule has 0 bridgehead atoms. The van der Waals surface area contributed by atoms with Gasteiger partial charge in [-0.25, -0.2) is 4.39 Å². The Labute approximate surface area is 120 Å². The number of hydrogen-bond acceptors (Lipinski definition) is 2. The third-order valence-electron chi connectivity index (χ3n) is 3.82. The van der Waals surface area contributed by atoms with E-state index in [0.717, 1.165) is 18.4 Å². The number of nitrogens with two attached hydrogens (primary N) is 1. The maximum atomic E-state index is 13.2. The molecule has 3 nitrogen and oxygen atoms in total. The Bertz CT molecular complexity index is 471. The molecule has 0 saturated heterocycles. The van der Waals surface area contributed by atoms with Gasteiger partial charge in [0.05, 0.1) is 0 Å². The first-order chi connectivity index (χ1) is 9.47. The molecule has 1 amide bonds. The number of amides is 1. The van der Waals surface area contributed by atoms with Gasteiger partial charge in [-0.05, 0) is 36.5 Å². The molecule has 2 N–H and O–H groups in total. The highest BCUT2D eigenvalue weighted by atomic mass is 19.1. The Balaban J connectivity index is 2.02. The van der Waals surface area contributed by atoms with Crippen molar-refractivity contribution in [1.82, 2.24) is 4.90 Å². The first-order valence-electron chi connectivity index (χ1n) is 7.27. The summed E-state index contributed by atoms with van der Waals surface area (Å²) < 4.78 is 13.2. The molecule has 0 radical (unpaired) electrons. The molecule has 20 heavy (non-hydrogen) atoms. The molecule has 110 valence electrons. The van der Waals surface area contributed by atoms with Gasteiger partial charge in [-0.1, -0.05) is 26.0 Å². The molecule has 0 heterocycles. The fraction of sp³-hybridized carbons (Fsp3) is 0.562. The standard InChI is InChI=1S/C16H23FN2O/c1-11(2)15(18)9-16(20)19(14-6-7-14)10-12-4-3-5-13(17)8-12/h3-5,8,11,14-15H,6-7,9-10,18H2,1-2H3. The van der Waals surface area contributed by atoms with Crippen LogP contribution in [0.2, 0.25) is 0 Å². The summed E-state index contributed by atoms with van der Waals surface area (Å²) in [5, 5.41) is 0. The van der Waals surface area contributed by atoms with Crippen molar-refractivity contribution in [3.8, 4) is 0 Å². The van der Waals surface area contributed by atoms with Crippen molar-refractivity contribution in [3.63, 3.8) is 0 Å². The molecular formula is C16H23FN2O. The maximum Gasteiger partial charge on any atom is 0.224 e. The van der Waals surface area contributed by atoms with Gasteiger partial charge in [0.15, 0.2) is 0 Å². The van der Waals surface area contributed by atoms with Crippen LogP contribution in [0.3, 0.4) is 0 Å². The van der Waals surface area contributed by atoms with E-state index in [0.29, 0.717) is 19.0 Å². The van der Waals surface area contributed by atoms with Gasteiger partial charge in [-0.3, -0.25) is 4.79 Å². The minimum absolute atomic E-state index is 0.0814. The molecule has 1 unspecified atom stereocenters. The lowest BCUT2D eigenvalue weighted by Crippen LogP contribution is -2.38. The Morgan fingerprint density at radius 1 is 1.45 bits per heavy atom. The predicted octanol–water partition coefficient (Wildman–Crippen LogP) is 2.69. The van der Waals surface area contributed by atoms with Gasteiger partial charge >= 0.3 is 0 Å². The van der Waals surface area contributed by atoms with Crippen molar-refractivity contribution < 1.29 is 9.18 Å². The molecule has 0 aromatic heterocycles. The van der Waals surface area contributed by atoms with E-state index in [1.807, 2.05) is 24.8 Å². The Kier molecular flexibility index (Phi) is 4.76. The predicted molar refractivity (Wildman–Crippen MR) is 77.4 cm³/mol. The van der Waals surface area contributed by atoms with E-state index < -0.39 is 0 Å². The quantitative estimate of drug-likeness (QED) is 0.869.